The van der Waals surface area contributed by atoms with Crippen LogP contribution in [-0.2, 0) is 22.6 Å². The van der Waals surface area contributed by atoms with Crippen molar-refractivity contribution in [2.75, 3.05) is 13.2 Å². The molecule has 0 spiro atoms. The molecule has 0 saturated carbocycles. The minimum absolute atomic E-state index is 0.184. The third-order valence-electron chi connectivity index (χ3n) is 5.51. The van der Waals surface area contributed by atoms with Gasteiger partial charge < -0.3 is 15.0 Å². The summed E-state index contributed by atoms with van der Waals surface area (Å²) in [5, 5.41) is 3.77. The van der Waals surface area contributed by atoms with E-state index in [2.05, 4.69) is 5.32 Å². The highest BCUT2D eigenvalue weighted by atomic mass is 35.5. The molecule has 0 radical (unpaired) electrons. The second-order valence-corrected chi connectivity index (χ2v) is 9.19. The van der Waals surface area contributed by atoms with Gasteiger partial charge in [0.1, 0.15) is 11.8 Å². The van der Waals surface area contributed by atoms with Crippen molar-refractivity contribution in [2.24, 2.45) is 0 Å². The molecular weight excluding hydrogens is 483 g/mol. The molecule has 0 aliphatic heterocycles. The van der Waals surface area contributed by atoms with Crippen molar-refractivity contribution >= 4 is 35.0 Å². The van der Waals surface area contributed by atoms with Crippen LogP contribution in [0.5, 0.6) is 5.75 Å². The van der Waals surface area contributed by atoms with Crippen molar-refractivity contribution in [1.82, 2.24) is 10.2 Å². The van der Waals surface area contributed by atoms with E-state index >= 15 is 0 Å². The van der Waals surface area contributed by atoms with Crippen molar-refractivity contribution < 1.29 is 14.3 Å². The van der Waals surface area contributed by atoms with Gasteiger partial charge >= 0.3 is 0 Å². The Balaban J connectivity index is 1.91. The number of rotatable bonds is 11. The van der Waals surface area contributed by atoms with Crippen LogP contribution in [0.25, 0.3) is 0 Å². The van der Waals surface area contributed by atoms with E-state index < -0.39 is 6.04 Å². The maximum absolute atomic E-state index is 13.5. The maximum Gasteiger partial charge on any atom is 0.261 e. The van der Waals surface area contributed by atoms with Crippen molar-refractivity contribution in [3.8, 4) is 5.75 Å². The second kappa shape index (κ2) is 13.2. The van der Waals surface area contributed by atoms with Gasteiger partial charge in [-0.25, -0.2) is 0 Å². The van der Waals surface area contributed by atoms with Gasteiger partial charge in [-0.3, -0.25) is 9.59 Å². The lowest BCUT2D eigenvalue weighted by molar-refractivity contribution is -0.142. The Hall–Kier alpha value is -3.02. The summed E-state index contributed by atoms with van der Waals surface area (Å²) >= 11 is 12.3. The van der Waals surface area contributed by atoms with E-state index in [0.29, 0.717) is 28.8 Å². The maximum atomic E-state index is 13.5. The van der Waals surface area contributed by atoms with Gasteiger partial charge in [-0.1, -0.05) is 78.7 Å². The van der Waals surface area contributed by atoms with Gasteiger partial charge in [0.05, 0.1) is 10.0 Å². The minimum atomic E-state index is -0.730. The predicted octanol–water partition coefficient (Wildman–Crippen LogP) is 5.85. The Morgan fingerprint density at radius 1 is 0.943 bits per heavy atom. The number of hydrogen-bond donors (Lipinski definition) is 1. The molecule has 1 unspecified atom stereocenters. The molecule has 0 aliphatic carbocycles. The molecule has 5 nitrogen and oxygen atoms in total. The second-order valence-electron chi connectivity index (χ2n) is 8.37. The van der Waals surface area contributed by atoms with Crippen molar-refractivity contribution in [3.63, 3.8) is 0 Å². The monoisotopic (exact) mass is 512 g/mol. The minimum Gasteiger partial charge on any atom is -0.484 e. The standard InChI is InChI=1S/C28H30Cl2N2O3/c1-3-14-31-28(34)26(17-21-9-5-4-6-10-21)32(18-22-12-13-24(29)25(30)16-22)27(33)19-35-23-11-7-8-20(2)15-23/h4-13,15-16,26H,3,14,17-19H2,1-2H3,(H,31,34). The molecule has 184 valence electrons. The molecular formula is C28H30Cl2N2O3. The Morgan fingerprint density at radius 2 is 1.71 bits per heavy atom. The smallest absolute Gasteiger partial charge is 0.261 e. The first-order valence-corrected chi connectivity index (χ1v) is 12.4. The van der Waals surface area contributed by atoms with Gasteiger partial charge in [-0.2, -0.15) is 0 Å². The summed E-state index contributed by atoms with van der Waals surface area (Å²) in [6, 6.07) is 21.6. The number of carbonyl (C=O) groups is 2. The van der Waals surface area contributed by atoms with Gasteiger partial charge in [0, 0.05) is 19.5 Å². The van der Waals surface area contributed by atoms with Crippen LogP contribution in [0.1, 0.15) is 30.0 Å². The number of nitrogens with one attached hydrogen (secondary N) is 1. The van der Waals surface area contributed by atoms with Crippen molar-refractivity contribution in [1.29, 1.82) is 0 Å². The van der Waals surface area contributed by atoms with Gasteiger partial charge in [-0.15, -0.1) is 0 Å². The number of hydrogen-bond acceptors (Lipinski definition) is 3. The summed E-state index contributed by atoms with van der Waals surface area (Å²) in [5.74, 6) is 0.0905. The number of nitrogens with zero attached hydrogens (tertiary/aromatic N) is 1. The van der Waals surface area contributed by atoms with E-state index in [-0.39, 0.29) is 25.0 Å². The molecule has 0 aromatic heterocycles. The summed E-state index contributed by atoms with van der Waals surface area (Å²) in [7, 11) is 0. The number of carbonyl (C=O) groups excluding carboxylic acids is 2. The van der Waals surface area contributed by atoms with Crippen LogP contribution in [0.4, 0.5) is 0 Å². The average Bonchev–Trinajstić information content (AvgIpc) is 2.86. The molecule has 2 amide bonds. The number of ether oxygens (including phenoxy) is 1. The van der Waals surface area contributed by atoms with E-state index in [9.17, 15) is 9.59 Å². The highest BCUT2D eigenvalue weighted by molar-refractivity contribution is 6.42. The number of halogens is 2. The molecule has 3 aromatic rings. The molecule has 3 rings (SSSR count). The van der Waals surface area contributed by atoms with Gasteiger partial charge in [-0.05, 0) is 54.3 Å². The quantitative estimate of drug-likeness (QED) is 0.350. The van der Waals surface area contributed by atoms with Gasteiger partial charge in [0.2, 0.25) is 5.91 Å². The number of aryl methyl sites for hydroxylation is 1. The fourth-order valence-corrected chi connectivity index (χ4v) is 4.01. The fourth-order valence-electron chi connectivity index (χ4n) is 3.69. The van der Waals surface area contributed by atoms with Crippen LogP contribution >= 0.6 is 23.2 Å². The first-order valence-electron chi connectivity index (χ1n) is 11.6. The molecule has 3 aromatic carbocycles. The average molecular weight is 513 g/mol. The van der Waals surface area contributed by atoms with E-state index in [4.69, 9.17) is 27.9 Å². The van der Waals surface area contributed by atoms with Crippen molar-refractivity contribution in [2.45, 2.75) is 39.3 Å². The molecule has 0 fully saturated rings. The van der Waals surface area contributed by atoms with Crippen LogP contribution in [-0.4, -0.2) is 35.9 Å². The van der Waals surface area contributed by atoms with Gasteiger partial charge in [0.15, 0.2) is 6.61 Å². The zero-order valence-electron chi connectivity index (χ0n) is 20.0. The summed E-state index contributed by atoms with van der Waals surface area (Å²) in [6.07, 6.45) is 1.16. The SMILES string of the molecule is CCCNC(=O)C(Cc1ccccc1)N(Cc1ccc(Cl)c(Cl)c1)C(=O)COc1cccc(C)c1. The normalized spacial score (nSPS) is 11.5. The van der Waals surface area contributed by atoms with Crippen LogP contribution in [0.15, 0.2) is 72.8 Å². The molecule has 7 heteroatoms. The largest absolute Gasteiger partial charge is 0.484 e. The summed E-state index contributed by atoms with van der Waals surface area (Å²) in [6.45, 7) is 4.46. The summed E-state index contributed by atoms with van der Waals surface area (Å²) in [4.78, 5) is 28.4. The Bertz CT molecular complexity index is 1140. The lowest BCUT2D eigenvalue weighted by Gasteiger charge is -2.31. The van der Waals surface area contributed by atoms with E-state index in [1.54, 1.807) is 29.2 Å². The Labute approximate surface area is 217 Å². The van der Waals surface area contributed by atoms with Crippen LogP contribution < -0.4 is 10.1 Å². The highest BCUT2D eigenvalue weighted by Gasteiger charge is 2.30. The third-order valence-corrected chi connectivity index (χ3v) is 6.25. The highest BCUT2D eigenvalue weighted by Crippen LogP contribution is 2.24. The van der Waals surface area contributed by atoms with E-state index in [1.165, 1.54) is 0 Å². The molecule has 0 heterocycles. The van der Waals surface area contributed by atoms with Crippen molar-refractivity contribution in [3.05, 3.63) is 99.5 Å². The molecule has 1 N–H and O–H groups in total. The topological polar surface area (TPSA) is 58.6 Å². The zero-order chi connectivity index (χ0) is 25.2. The first-order chi connectivity index (χ1) is 16.9. The van der Waals surface area contributed by atoms with Gasteiger partial charge in [0.25, 0.3) is 5.91 Å². The van der Waals surface area contributed by atoms with Crippen LogP contribution in [0, 0.1) is 6.92 Å². The molecule has 1 atom stereocenters. The van der Waals surface area contributed by atoms with E-state index in [1.807, 2.05) is 62.4 Å². The van der Waals surface area contributed by atoms with Crippen LogP contribution in [0.2, 0.25) is 10.0 Å². The lowest BCUT2D eigenvalue weighted by atomic mass is 10.0. The zero-order valence-corrected chi connectivity index (χ0v) is 21.5. The summed E-state index contributed by atoms with van der Waals surface area (Å²) in [5.41, 5.74) is 2.75. The Kier molecular flexibility index (Phi) is 10.0. The first kappa shape index (κ1) is 26.6. The molecule has 0 aliphatic rings. The lowest BCUT2D eigenvalue weighted by Crippen LogP contribution is -2.51. The summed E-state index contributed by atoms with van der Waals surface area (Å²) < 4.78 is 5.80. The molecule has 0 bridgehead atoms. The number of amides is 2. The van der Waals surface area contributed by atoms with E-state index in [0.717, 1.165) is 23.1 Å². The molecule has 35 heavy (non-hydrogen) atoms. The fraction of sp³-hybridized carbons (Fsp3) is 0.286. The Morgan fingerprint density at radius 3 is 2.40 bits per heavy atom. The third kappa shape index (κ3) is 8.01. The van der Waals surface area contributed by atoms with Crippen LogP contribution in [0.3, 0.4) is 0 Å². The molecule has 0 saturated heterocycles. The number of benzene rings is 3. The predicted molar refractivity (Wildman–Crippen MR) is 141 cm³/mol.